The lowest BCUT2D eigenvalue weighted by atomic mass is 9.85. The van der Waals surface area contributed by atoms with Crippen LogP contribution in [0.4, 0.5) is 5.82 Å². The highest BCUT2D eigenvalue weighted by atomic mass is 16.7. The van der Waals surface area contributed by atoms with Gasteiger partial charge in [-0.2, -0.15) is 0 Å². The standard InChI is InChI=1S/C14H23BN4O2/c1-13(2)14(3,4)21-15(20-13)11-9-18-12(10-17-11)16-7-8-19(5)6/h7,9-10H,8H2,1-6H3. The lowest BCUT2D eigenvalue weighted by Gasteiger charge is -2.32. The monoisotopic (exact) mass is 290 g/mol. The fraction of sp³-hybridized carbons (Fsp3) is 0.643. The van der Waals surface area contributed by atoms with Crippen LogP contribution in [-0.2, 0) is 9.31 Å². The molecule has 21 heavy (non-hydrogen) atoms. The van der Waals surface area contributed by atoms with Gasteiger partial charge in [-0.15, -0.1) is 0 Å². The first-order chi connectivity index (χ1) is 9.71. The molecule has 1 aliphatic rings. The topological polar surface area (TPSA) is 59.8 Å². The van der Waals surface area contributed by atoms with Gasteiger partial charge >= 0.3 is 7.12 Å². The second-order valence-corrected chi connectivity index (χ2v) is 6.46. The minimum atomic E-state index is -0.484. The van der Waals surface area contributed by atoms with Crippen LogP contribution in [-0.4, -0.2) is 60.0 Å². The molecule has 1 aliphatic heterocycles. The van der Waals surface area contributed by atoms with Crippen molar-refractivity contribution in [1.29, 1.82) is 0 Å². The summed E-state index contributed by atoms with van der Waals surface area (Å²) in [6.45, 7) is 8.82. The zero-order valence-electron chi connectivity index (χ0n) is 13.6. The first-order valence-electron chi connectivity index (χ1n) is 7.06. The van der Waals surface area contributed by atoms with E-state index >= 15 is 0 Å². The second-order valence-electron chi connectivity index (χ2n) is 6.46. The maximum atomic E-state index is 5.93. The van der Waals surface area contributed by atoms with Crippen molar-refractivity contribution in [2.24, 2.45) is 4.99 Å². The van der Waals surface area contributed by atoms with Crippen LogP contribution in [0.25, 0.3) is 0 Å². The molecule has 0 aromatic carbocycles. The van der Waals surface area contributed by atoms with Crippen LogP contribution >= 0.6 is 0 Å². The van der Waals surface area contributed by atoms with Crippen molar-refractivity contribution in [3.63, 3.8) is 0 Å². The Morgan fingerprint density at radius 2 is 1.76 bits per heavy atom. The number of hydrogen-bond acceptors (Lipinski definition) is 6. The fourth-order valence-corrected chi connectivity index (χ4v) is 1.78. The molecule has 0 N–H and O–H groups in total. The Hall–Kier alpha value is -1.31. The molecular weight excluding hydrogens is 267 g/mol. The molecule has 2 heterocycles. The Morgan fingerprint density at radius 3 is 2.24 bits per heavy atom. The van der Waals surface area contributed by atoms with Crippen LogP contribution in [0.15, 0.2) is 17.4 Å². The summed E-state index contributed by atoms with van der Waals surface area (Å²) in [6.07, 6.45) is 5.09. The Morgan fingerprint density at radius 1 is 1.14 bits per heavy atom. The minimum Gasteiger partial charge on any atom is -0.398 e. The summed E-state index contributed by atoms with van der Waals surface area (Å²) < 4.78 is 11.9. The molecule has 7 heteroatoms. The van der Waals surface area contributed by atoms with Gasteiger partial charge in [-0.3, -0.25) is 4.98 Å². The summed E-state index contributed by atoms with van der Waals surface area (Å²) in [5, 5.41) is 0. The van der Waals surface area contributed by atoms with Gasteiger partial charge < -0.3 is 14.2 Å². The quantitative estimate of drug-likeness (QED) is 0.612. The van der Waals surface area contributed by atoms with Crippen molar-refractivity contribution in [2.75, 3.05) is 20.6 Å². The van der Waals surface area contributed by atoms with E-state index in [1.54, 1.807) is 18.6 Å². The number of rotatable bonds is 4. The van der Waals surface area contributed by atoms with Crippen molar-refractivity contribution in [1.82, 2.24) is 14.9 Å². The Balaban J connectivity index is 2.05. The first kappa shape index (κ1) is 16.1. The van der Waals surface area contributed by atoms with Gasteiger partial charge in [0.15, 0.2) is 5.82 Å². The molecule has 1 aromatic heterocycles. The SMILES string of the molecule is CN(C)CC=Nc1cnc(B2OC(C)(C)C(C)(C)O2)cn1. The van der Waals surface area contributed by atoms with E-state index in [2.05, 4.69) is 15.0 Å². The highest BCUT2D eigenvalue weighted by Gasteiger charge is 2.52. The molecule has 1 fully saturated rings. The first-order valence-corrected chi connectivity index (χ1v) is 7.06. The third-order valence-electron chi connectivity index (χ3n) is 3.82. The maximum absolute atomic E-state index is 5.93. The molecule has 0 aliphatic carbocycles. The summed E-state index contributed by atoms with van der Waals surface area (Å²) >= 11 is 0. The number of aromatic nitrogens is 2. The van der Waals surface area contributed by atoms with E-state index in [0.29, 0.717) is 11.4 Å². The predicted molar refractivity (Wildman–Crippen MR) is 84.5 cm³/mol. The smallest absolute Gasteiger partial charge is 0.398 e. The average molecular weight is 290 g/mol. The van der Waals surface area contributed by atoms with Crippen LogP contribution in [0.5, 0.6) is 0 Å². The van der Waals surface area contributed by atoms with E-state index in [-0.39, 0.29) is 11.2 Å². The average Bonchev–Trinajstić information content (AvgIpc) is 2.59. The molecule has 6 nitrogen and oxygen atoms in total. The Labute approximate surface area is 126 Å². The summed E-state index contributed by atoms with van der Waals surface area (Å²) in [5.41, 5.74) is -0.0794. The molecule has 0 radical (unpaired) electrons. The van der Waals surface area contributed by atoms with E-state index < -0.39 is 7.12 Å². The van der Waals surface area contributed by atoms with E-state index in [1.807, 2.05) is 46.7 Å². The van der Waals surface area contributed by atoms with Gasteiger partial charge in [-0.25, -0.2) is 9.98 Å². The van der Waals surface area contributed by atoms with E-state index in [1.165, 1.54) is 0 Å². The fourth-order valence-electron chi connectivity index (χ4n) is 1.78. The van der Waals surface area contributed by atoms with Crippen molar-refractivity contribution in [3.05, 3.63) is 12.4 Å². The van der Waals surface area contributed by atoms with Gasteiger partial charge in [0, 0.05) is 19.0 Å². The van der Waals surface area contributed by atoms with Crippen LogP contribution in [0.1, 0.15) is 27.7 Å². The van der Waals surface area contributed by atoms with Gasteiger partial charge in [0.25, 0.3) is 0 Å². The largest absolute Gasteiger partial charge is 0.516 e. The van der Waals surface area contributed by atoms with Crippen molar-refractivity contribution in [3.8, 4) is 0 Å². The van der Waals surface area contributed by atoms with E-state index in [4.69, 9.17) is 9.31 Å². The Kier molecular flexibility index (Phi) is 4.46. The molecule has 1 aromatic rings. The van der Waals surface area contributed by atoms with Gasteiger partial charge in [-0.1, -0.05) is 0 Å². The minimum absolute atomic E-state index is 0.373. The summed E-state index contributed by atoms with van der Waals surface area (Å²) in [6, 6.07) is 0. The van der Waals surface area contributed by atoms with Crippen molar-refractivity contribution in [2.45, 2.75) is 38.9 Å². The highest BCUT2D eigenvalue weighted by Crippen LogP contribution is 2.36. The maximum Gasteiger partial charge on any atom is 0.516 e. The lowest BCUT2D eigenvalue weighted by Crippen LogP contribution is -2.41. The molecule has 0 spiro atoms. The van der Waals surface area contributed by atoms with Crippen molar-refractivity contribution < 1.29 is 9.31 Å². The zero-order chi connectivity index (χ0) is 15.7. The molecule has 0 saturated carbocycles. The number of aliphatic imine (C=N–C) groups is 1. The summed E-state index contributed by atoms with van der Waals surface area (Å²) in [7, 11) is 3.49. The van der Waals surface area contributed by atoms with Gasteiger partial charge in [0.05, 0.1) is 23.0 Å². The molecule has 0 amide bonds. The Bertz CT molecular complexity index is 498. The number of hydrogen-bond donors (Lipinski definition) is 0. The van der Waals surface area contributed by atoms with Gasteiger partial charge in [0.2, 0.25) is 0 Å². The third kappa shape index (κ3) is 3.67. The third-order valence-corrected chi connectivity index (χ3v) is 3.82. The summed E-state index contributed by atoms with van der Waals surface area (Å²) in [4.78, 5) is 14.9. The van der Waals surface area contributed by atoms with E-state index in [9.17, 15) is 0 Å². The normalized spacial score (nSPS) is 20.6. The van der Waals surface area contributed by atoms with Crippen LogP contribution in [0, 0.1) is 0 Å². The molecule has 114 valence electrons. The lowest BCUT2D eigenvalue weighted by molar-refractivity contribution is 0.00578. The van der Waals surface area contributed by atoms with E-state index in [0.717, 1.165) is 6.54 Å². The molecule has 1 saturated heterocycles. The molecule has 0 bridgehead atoms. The highest BCUT2D eigenvalue weighted by molar-refractivity contribution is 6.61. The number of nitrogens with zero attached hydrogens (tertiary/aromatic N) is 4. The second kappa shape index (κ2) is 5.83. The van der Waals surface area contributed by atoms with Crippen molar-refractivity contribution >= 4 is 24.7 Å². The van der Waals surface area contributed by atoms with Crippen LogP contribution in [0.3, 0.4) is 0 Å². The predicted octanol–water partition coefficient (Wildman–Crippen LogP) is 1.04. The van der Waals surface area contributed by atoms with Gasteiger partial charge in [-0.05, 0) is 41.8 Å². The van der Waals surface area contributed by atoms with Crippen LogP contribution in [0.2, 0.25) is 0 Å². The molecule has 0 atom stereocenters. The summed E-state index contributed by atoms with van der Waals surface area (Å²) in [5.74, 6) is 0.581. The van der Waals surface area contributed by atoms with Crippen LogP contribution < -0.4 is 5.59 Å². The molecule has 0 unspecified atom stereocenters. The molecular formula is C14H23BN4O2. The zero-order valence-corrected chi connectivity index (χ0v) is 13.6. The molecule has 2 rings (SSSR count). The van der Waals surface area contributed by atoms with Gasteiger partial charge in [0.1, 0.15) is 0 Å².